The molecule has 0 aliphatic carbocycles. The molecule has 0 saturated heterocycles. The van der Waals surface area contributed by atoms with Gasteiger partial charge in [-0.25, -0.2) is 4.79 Å². The molecule has 5 rings (SSSR count). The molecule has 1 aliphatic heterocycles. The second-order valence-corrected chi connectivity index (χ2v) is 7.98. The molecule has 0 spiro atoms. The smallest absolute Gasteiger partial charge is 0.478 e. The van der Waals surface area contributed by atoms with E-state index in [1.807, 2.05) is 66.7 Å². The van der Waals surface area contributed by atoms with Gasteiger partial charge in [0.15, 0.2) is 0 Å². The van der Waals surface area contributed by atoms with Gasteiger partial charge in [0.25, 0.3) is 5.95 Å². The third kappa shape index (κ3) is 4.10. The summed E-state index contributed by atoms with van der Waals surface area (Å²) in [5.74, 6) is -1.79. The summed E-state index contributed by atoms with van der Waals surface area (Å²) in [6.07, 6.45) is -4.63. The Balaban J connectivity index is 1.78. The van der Waals surface area contributed by atoms with E-state index >= 15 is 0 Å². The Kier molecular flexibility index (Phi) is 5.48. The highest BCUT2D eigenvalue weighted by atomic mass is 19.4. The predicted octanol–water partition coefficient (Wildman–Crippen LogP) is 4.64. The van der Waals surface area contributed by atoms with Crippen LogP contribution in [0.2, 0.25) is 0 Å². The van der Waals surface area contributed by atoms with Crippen molar-refractivity contribution >= 4 is 22.7 Å². The number of nitrogens with zero attached hydrogens (tertiary/aromatic N) is 5. The zero-order valence-corrected chi connectivity index (χ0v) is 18.3. The third-order valence-electron chi connectivity index (χ3n) is 5.87. The Morgan fingerprint density at radius 3 is 2.49 bits per heavy atom. The first kappa shape index (κ1) is 22.5. The molecule has 0 saturated carbocycles. The van der Waals surface area contributed by atoms with Gasteiger partial charge in [0.05, 0.1) is 11.3 Å². The number of allylic oxidation sites excluding steroid dienone is 1. The number of aromatic nitrogens is 4. The molecule has 1 aromatic heterocycles. The number of anilines is 1. The molecule has 4 aromatic rings. The van der Waals surface area contributed by atoms with Gasteiger partial charge >= 0.3 is 12.3 Å². The monoisotopic (exact) mass is 481 g/mol. The molecule has 1 N–H and O–H groups in total. The molecule has 0 amide bonds. The molecule has 0 fully saturated rings. The maximum Gasteiger partial charge on any atom is 0.544 e. The lowest BCUT2D eigenvalue weighted by Gasteiger charge is -2.34. The molecule has 2 heterocycles. The number of halogens is 3. The minimum atomic E-state index is -5.09. The van der Waals surface area contributed by atoms with Crippen LogP contribution in [0.1, 0.15) is 29.7 Å². The number of aliphatic carboxylic acids is 1. The van der Waals surface area contributed by atoms with Gasteiger partial charge in [-0.05, 0) is 51.2 Å². The summed E-state index contributed by atoms with van der Waals surface area (Å²) < 4.78 is 40.5. The van der Waals surface area contributed by atoms with Crippen LogP contribution in [0.4, 0.5) is 19.1 Å². The van der Waals surface area contributed by atoms with E-state index in [9.17, 15) is 23.1 Å². The zero-order valence-electron chi connectivity index (χ0n) is 18.3. The lowest BCUT2D eigenvalue weighted by Crippen LogP contribution is -2.39. The fourth-order valence-corrected chi connectivity index (χ4v) is 4.45. The quantitative estimate of drug-likeness (QED) is 0.444. The molecular weight excluding hydrogens is 463 g/mol. The number of alkyl halides is 3. The number of carboxylic acids is 1. The number of carboxylic acid groups (broad SMARTS) is 1. The number of rotatable bonds is 5. The number of fused-ring (bicyclic) bond motifs is 2. The van der Waals surface area contributed by atoms with Crippen LogP contribution in [0.25, 0.3) is 10.8 Å². The van der Waals surface area contributed by atoms with E-state index in [2.05, 4.69) is 20.4 Å². The van der Waals surface area contributed by atoms with Crippen LogP contribution in [0.3, 0.4) is 0 Å². The van der Waals surface area contributed by atoms with E-state index in [0.717, 1.165) is 26.6 Å². The third-order valence-corrected chi connectivity index (χ3v) is 5.87. The number of carbonyl (C=O) groups is 1. The van der Waals surface area contributed by atoms with Crippen molar-refractivity contribution in [1.82, 2.24) is 20.2 Å². The Morgan fingerprint density at radius 1 is 1.06 bits per heavy atom. The van der Waals surface area contributed by atoms with E-state index in [1.54, 1.807) is 0 Å². The van der Waals surface area contributed by atoms with Crippen LogP contribution in [0.15, 0.2) is 78.0 Å². The molecule has 178 valence electrons. The normalized spacial score (nSPS) is 16.0. The van der Waals surface area contributed by atoms with Crippen molar-refractivity contribution in [2.24, 2.45) is 0 Å². The van der Waals surface area contributed by atoms with E-state index in [-0.39, 0.29) is 17.2 Å². The standard InChI is InChI=1S/C24H18F3N5O3/c1-14-19(22(33)34)21(31-23(28-29-30-31)32(14)35-24(25,26)27)20-17(13-15-7-3-2-4-8-15)12-11-16-9-5-6-10-18(16)20/h2-12,21H,13H2,1H3,(H,33,34). The summed E-state index contributed by atoms with van der Waals surface area (Å²) in [4.78, 5) is 16.6. The molecule has 3 aromatic carbocycles. The Hall–Kier alpha value is -4.25. The number of benzene rings is 3. The van der Waals surface area contributed by atoms with E-state index in [1.165, 1.54) is 6.92 Å². The van der Waals surface area contributed by atoms with Gasteiger partial charge in [0.1, 0.15) is 6.04 Å². The van der Waals surface area contributed by atoms with E-state index < -0.39 is 18.4 Å². The van der Waals surface area contributed by atoms with Crippen LogP contribution in [-0.4, -0.2) is 37.6 Å². The second-order valence-electron chi connectivity index (χ2n) is 7.98. The minimum Gasteiger partial charge on any atom is -0.478 e. The highest BCUT2D eigenvalue weighted by Gasteiger charge is 2.44. The number of hydroxylamine groups is 1. The van der Waals surface area contributed by atoms with Gasteiger partial charge in [-0.1, -0.05) is 71.8 Å². The zero-order chi connectivity index (χ0) is 24.7. The van der Waals surface area contributed by atoms with Crippen LogP contribution in [-0.2, 0) is 16.1 Å². The Morgan fingerprint density at radius 2 is 1.77 bits per heavy atom. The van der Waals surface area contributed by atoms with Crippen molar-refractivity contribution in [3.63, 3.8) is 0 Å². The highest BCUT2D eigenvalue weighted by Crippen LogP contribution is 2.43. The van der Waals surface area contributed by atoms with Crippen LogP contribution >= 0.6 is 0 Å². The Labute approximate surface area is 196 Å². The van der Waals surface area contributed by atoms with Crippen LogP contribution in [0.5, 0.6) is 0 Å². The molecule has 1 unspecified atom stereocenters. The molecule has 0 bridgehead atoms. The topological polar surface area (TPSA) is 93.4 Å². The highest BCUT2D eigenvalue weighted by molar-refractivity contribution is 5.94. The van der Waals surface area contributed by atoms with Crippen LogP contribution < -0.4 is 5.06 Å². The molecule has 1 atom stereocenters. The van der Waals surface area contributed by atoms with Crippen molar-refractivity contribution in [2.45, 2.75) is 25.7 Å². The minimum absolute atomic E-state index is 0.277. The number of hydrogen-bond donors (Lipinski definition) is 1. The van der Waals surface area contributed by atoms with Gasteiger partial charge in [-0.2, -0.15) is 14.6 Å². The van der Waals surface area contributed by atoms with E-state index in [4.69, 9.17) is 0 Å². The van der Waals surface area contributed by atoms with Gasteiger partial charge in [-0.3, -0.25) is 0 Å². The van der Waals surface area contributed by atoms with Crippen molar-refractivity contribution in [1.29, 1.82) is 0 Å². The molecule has 1 aliphatic rings. The van der Waals surface area contributed by atoms with Crippen molar-refractivity contribution < 1.29 is 27.9 Å². The summed E-state index contributed by atoms with van der Waals surface area (Å²) in [5.41, 5.74) is 1.75. The molecule has 8 nitrogen and oxygen atoms in total. The fraction of sp³-hybridized carbons (Fsp3) is 0.167. The summed E-state index contributed by atoms with van der Waals surface area (Å²) in [5, 5.41) is 23.2. The average molecular weight is 481 g/mol. The summed E-state index contributed by atoms with van der Waals surface area (Å²) in [7, 11) is 0. The molecule has 0 radical (unpaired) electrons. The number of hydrogen-bond acceptors (Lipinski definition) is 6. The SMILES string of the molecule is CC1=C(C(=O)O)C(c2c(Cc3ccccc3)ccc3ccccc23)n2nnnc2N1OC(F)(F)F. The molecular formula is C24H18F3N5O3. The molecule has 35 heavy (non-hydrogen) atoms. The summed E-state index contributed by atoms with van der Waals surface area (Å²) in [6, 6.07) is 19.7. The van der Waals surface area contributed by atoms with Crippen molar-refractivity contribution in [3.05, 3.63) is 94.7 Å². The van der Waals surface area contributed by atoms with Crippen molar-refractivity contribution in [2.75, 3.05) is 5.06 Å². The predicted molar refractivity (Wildman–Crippen MR) is 119 cm³/mol. The second kappa shape index (κ2) is 8.51. The maximum absolute atomic E-state index is 13.2. The first-order valence-electron chi connectivity index (χ1n) is 10.6. The average Bonchev–Trinajstić information content (AvgIpc) is 3.30. The first-order valence-corrected chi connectivity index (χ1v) is 10.6. The van der Waals surface area contributed by atoms with Gasteiger partial charge in [0.2, 0.25) is 0 Å². The van der Waals surface area contributed by atoms with Crippen LogP contribution in [0, 0.1) is 0 Å². The van der Waals surface area contributed by atoms with Crippen molar-refractivity contribution in [3.8, 4) is 0 Å². The lowest BCUT2D eigenvalue weighted by molar-refractivity contribution is -0.328. The maximum atomic E-state index is 13.2. The lowest BCUT2D eigenvalue weighted by atomic mass is 9.86. The number of tetrazole rings is 1. The molecule has 11 heteroatoms. The largest absolute Gasteiger partial charge is 0.544 e. The van der Waals surface area contributed by atoms with Gasteiger partial charge < -0.3 is 5.11 Å². The van der Waals surface area contributed by atoms with E-state index in [0.29, 0.717) is 17.0 Å². The van der Waals surface area contributed by atoms with Gasteiger partial charge in [0, 0.05) is 0 Å². The van der Waals surface area contributed by atoms with Gasteiger partial charge in [-0.15, -0.1) is 13.2 Å². The first-order chi connectivity index (χ1) is 16.7. The fourth-order valence-electron chi connectivity index (χ4n) is 4.45. The summed E-state index contributed by atoms with van der Waals surface area (Å²) in [6.45, 7) is 1.24. The Bertz CT molecular complexity index is 1450. The summed E-state index contributed by atoms with van der Waals surface area (Å²) >= 11 is 0.